The van der Waals surface area contributed by atoms with Gasteiger partial charge in [-0.3, -0.25) is 9.78 Å². The van der Waals surface area contributed by atoms with Crippen LogP contribution < -0.4 is 4.74 Å². The lowest BCUT2D eigenvalue weighted by molar-refractivity contribution is -0.118. The molecule has 1 aromatic heterocycles. The summed E-state index contributed by atoms with van der Waals surface area (Å²) in [5.41, 5.74) is 0. The van der Waals surface area contributed by atoms with Crippen LogP contribution in [0.1, 0.15) is 6.92 Å². The molecule has 0 radical (unpaired) electrons. The number of rotatable bonds is 3. The van der Waals surface area contributed by atoms with Gasteiger partial charge in [0, 0.05) is 27.6 Å². The third-order valence-corrected chi connectivity index (χ3v) is 2.85. The Bertz CT molecular complexity index is 540. The molecule has 0 saturated heterocycles. The molecule has 2 aromatic rings. The number of Topliss-reactive ketones (excluding diaryl/α,β-unsaturated/α-hetero) is 1. The summed E-state index contributed by atoms with van der Waals surface area (Å²) in [5, 5.41) is 1.93. The first-order valence-corrected chi connectivity index (χ1v) is 5.62. The van der Waals surface area contributed by atoms with Crippen LogP contribution in [0.25, 0.3) is 10.8 Å². The minimum atomic E-state index is 0.00475. The van der Waals surface area contributed by atoms with Crippen LogP contribution >= 0.6 is 15.9 Å². The van der Waals surface area contributed by atoms with Gasteiger partial charge in [-0.2, -0.15) is 0 Å². The molecule has 0 N–H and O–H groups in total. The predicted octanol–water partition coefficient (Wildman–Crippen LogP) is 2.97. The number of aromatic nitrogens is 1. The van der Waals surface area contributed by atoms with Crippen LogP contribution in [0, 0.1) is 0 Å². The zero-order chi connectivity index (χ0) is 11.5. The SMILES string of the molecule is CC(=O)COc1ccc(Br)c2cnccc12. The third-order valence-electron chi connectivity index (χ3n) is 2.16. The van der Waals surface area contributed by atoms with E-state index in [1.54, 1.807) is 12.4 Å². The molecule has 0 atom stereocenters. The van der Waals surface area contributed by atoms with Gasteiger partial charge in [-0.15, -0.1) is 0 Å². The van der Waals surface area contributed by atoms with Crippen LogP contribution in [-0.4, -0.2) is 17.4 Å². The molecule has 4 heteroatoms. The lowest BCUT2D eigenvalue weighted by atomic mass is 10.1. The van der Waals surface area contributed by atoms with Crippen LogP contribution in [0.2, 0.25) is 0 Å². The molecular weight excluding hydrogens is 270 g/mol. The van der Waals surface area contributed by atoms with Gasteiger partial charge in [0.2, 0.25) is 0 Å². The fourth-order valence-electron chi connectivity index (χ4n) is 1.43. The summed E-state index contributed by atoms with van der Waals surface area (Å²) in [4.78, 5) is 14.9. The zero-order valence-electron chi connectivity index (χ0n) is 8.74. The Hall–Kier alpha value is -1.42. The van der Waals surface area contributed by atoms with Gasteiger partial charge in [0.25, 0.3) is 0 Å². The number of carbonyl (C=O) groups excluding carboxylic acids is 1. The van der Waals surface area contributed by atoms with Crippen molar-refractivity contribution in [1.82, 2.24) is 4.98 Å². The number of hydrogen-bond acceptors (Lipinski definition) is 3. The smallest absolute Gasteiger partial charge is 0.167 e. The van der Waals surface area contributed by atoms with Crippen molar-refractivity contribution in [2.24, 2.45) is 0 Å². The van der Waals surface area contributed by atoms with Gasteiger partial charge < -0.3 is 4.74 Å². The molecule has 0 aliphatic heterocycles. The summed E-state index contributed by atoms with van der Waals surface area (Å²) in [7, 11) is 0. The lowest BCUT2D eigenvalue weighted by Gasteiger charge is -2.08. The highest BCUT2D eigenvalue weighted by Crippen LogP contribution is 2.30. The molecule has 0 amide bonds. The highest BCUT2D eigenvalue weighted by atomic mass is 79.9. The maximum absolute atomic E-state index is 10.9. The van der Waals surface area contributed by atoms with E-state index in [-0.39, 0.29) is 12.4 Å². The Morgan fingerprint density at radius 1 is 1.38 bits per heavy atom. The number of fused-ring (bicyclic) bond motifs is 1. The Morgan fingerprint density at radius 2 is 2.19 bits per heavy atom. The minimum Gasteiger partial charge on any atom is -0.485 e. The van der Waals surface area contributed by atoms with Crippen LogP contribution in [0.3, 0.4) is 0 Å². The summed E-state index contributed by atoms with van der Waals surface area (Å²) in [6, 6.07) is 5.60. The first-order valence-electron chi connectivity index (χ1n) is 4.83. The number of nitrogens with zero attached hydrogens (tertiary/aromatic N) is 1. The predicted molar refractivity (Wildman–Crippen MR) is 65.6 cm³/mol. The Labute approximate surface area is 102 Å². The second kappa shape index (κ2) is 4.61. The molecule has 0 aliphatic carbocycles. The highest BCUT2D eigenvalue weighted by Gasteiger charge is 2.05. The summed E-state index contributed by atoms with van der Waals surface area (Å²) >= 11 is 3.45. The first kappa shape index (κ1) is 11.1. The number of benzene rings is 1. The van der Waals surface area contributed by atoms with Gasteiger partial charge in [0.15, 0.2) is 5.78 Å². The largest absolute Gasteiger partial charge is 0.485 e. The maximum Gasteiger partial charge on any atom is 0.167 e. The van der Waals surface area contributed by atoms with Crippen molar-refractivity contribution in [3.05, 3.63) is 35.1 Å². The van der Waals surface area contributed by atoms with Crippen molar-refractivity contribution < 1.29 is 9.53 Å². The number of halogens is 1. The number of hydrogen-bond donors (Lipinski definition) is 0. The first-order chi connectivity index (χ1) is 7.68. The normalized spacial score (nSPS) is 10.4. The van der Waals surface area contributed by atoms with Crippen molar-refractivity contribution in [1.29, 1.82) is 0 Å². The molecule has 0 aliphatic rings. The summed E-state index contributed by atoms with van der Waals surface area (Å²) in [5.74, 6) is 0.709. The third kappa shape index (κ3) is 2.22. The fourth-order valence-corrected chi connectivity index (χ4v) is 1.88. The maximum atomic E-state index is 10.9. The van der Waals surface area contributed by atoms with Crippen LogP contribution in [-0.2, 0) is 4.79 Å². The molecule has 0 saturated carbocycles. The van der Waals surface area contributed by atoms with E-state index in [0.29, 0.717) is 5.75 Å². The van der Waals surface area contributed by atoms with Crippen LogP contribution in [0.5, 0.6) is 5.75 Å². The second-order valence-corrected chi connectivity index (χ2v) is 4.31. The molecule has 0 bridgehead atoms. The molecule has 1 aromatic carbocycles. The lowest BCUT2D eigenvalue weighted by Crippen LogP contribution is -2.06. The van der Waals surface area contributed by atoms with Crippen molar-refractivity contribution in [2.45, 2.75) is 6.92 Å². The van der Waals surface area contributed by atoms with Gasteiger partial charge in [0.1, 0.15) is 12.4 Å². The van der Waals surface area contributed by atoms with Crippen LogP contribution in [0.4, 0.5) is 0 Å². The van der Waals surface area contributed by atoms with E-state index in [4.69, 9.17) is 4.74 Å². The van der Waals surface area contributed by atoms with E-state index < -0.39 is 0 Å². The van der Waals surface area contributed by atoms with E-state index in [9.17, 15) is 4.79 Å². The molecule has 2 rings (SSSR count). The molecule has 0 unspecified atom stereocenters. The van der Waals surface area contributed by atoms with Gasteiger partial charge in [0.05, 0.1) is 0 Å². The van der Waals surface area contributed by atoms with Crippen LogP contribution in [0.15, 0.2) is 35.1 Å². The molecule has 16 heavy (non-hydrogen) atoms. The summed E-state index contributed by atoms with van der Waals surface area (Å²) in [6.07, 6.45) is 3.47. The number of ketones is 1. The summed E-state index contributed by atoms with van der Waals surface area (Å²) in [6.45, 7) is 1.60. The van der Waals surface area contributed by atoms with Crippen molar-refractivity contribution in [3.63, 3.8) is 0 Å². The van der Waals surface area contributed by atoms with Crippen molar-refractivity contribution in [3.8, 4) is 5.75 Å². The molecule has 3 nitrogen and oxygen atoms in total. The molecule has 82 valence electrons. The van der Waals surface area contributed by atoms with E-state index in [0.717, 1.165) is 15.2 Å². The average molecular weight is 280 g/mol. The topological polar surface area (TPSA) is 39.2 Å². The van der Waals surface area contributed by atoms with Gasteiger partial charge in [-0.05, 0) is 25.1 Å². The van der Waals surface area contributed by atoms with Gasteiger partial charge >= 0.3 is 0 Å². The summed E-state index contributed by atoms with van der Waals surface area (Å²) < 4.78 is 6.40. The molecule has 1 heterocycles. The second-order valence-electron chi connectivity index (χ2n) is 3.46. The van der Waals surface area contributed by atoms with E-state index >= 15 is 0 Å². The highest BCUT2D eigenvalue weighted by molar-refractivity contribution is 9.10. The number of pyridine rings is 1. The van der Waals surface area contributed by atoms with Crippen molar-refractivity contribution >= 4 is 32.5 Å². The molecule has 0 fully saturated rings. The Morgan fingerprint density at radius 3 is 2.94 bits per heavy atom. The Kier molecular flexibility index (Phi) is 3.19. The Balaban J connectivity index is 2.46. The quantitative estimate of drug-likeness (QED) is 0.867. The van der Waals surface area contributed by atoms with E-state index in [1.165, 1.54) is 6.92 Å². The van der Waals surface area contributed by atoms with Crippen molar-refractivity contribution in [2.75, 3.05) is 6.61 Å². The number of ether oxygens (including phenoxy) is 1. The van der Waals surface area contributed by atoms with Gasteiger partial charge in [-0.1, -0.05) is 15.9 Å². The molecular formula is C12H10BrNO2. The monoisotopic (exact) mass is 279 g/mol. The molecule has 0 spiro atoms. The van der Waals surface area contributed by atoms with Gasteiger partial charge in [-0.25, -0.2) is 0 Å². The van der Waals surface area contributed by atoms with E-state index in [1.807, 2.05) is 18.2 Å². The fraction of sp³-hybridized carbons (Fsp3) is 0.167. The minimum absolute atomic E-state index is 0.00475. The standard InChI is InChI=1S/C12H10BrNO2/c1-8(15)7-16-12-3-2-11(13)10-6-14-5-4-9(10)12/h2-6H,7H2,1H3. The average Bonchev–Trinajstić information content (AvgIpc) is 2.28. The zero-order valence-corrected chi connectivity index (χ0v) is 10.3. The number of carbonyl (C=O) groups is 1. The van der Waals surface area contributed by atoms with E-state index in [2.05, 4.69) is 20.9 Å².